The smallest absolute Gasteiger partial charge is 0.155 e. The molecule has 0 aliphatic carbocycles. The van der Waals surface area contributed by atoms with E-state index < -0.39 is 5.67 Å². The lowest BCUT2D eigenvalue weighted by Gasteiger charge is -2.12. The van der Waals surface area contributed by atoms with Crippen molar-refractivity contribution in [2.45, 2.75) is 26.4 Å². The molecule has 0 spiro atoms. The van der Waals surface area contributed by atoms with E-state index in [0.717, 1.165) is 44.7 Å². The van der Waals surface area contributed by atoms with E-state index >= 15 is 0 Å². The predicted octanol–water partition coefficient (Wildman–Crippen LogP) is 5.53. The number of halogens is 1. The molecule has 4 heterocycles. The van der Waals surface area contributed by atoms with Gasteiger partial charge in [-0.15, -0.1) is 0 Å². The Labute approximate surface area is 208 Å². The first-order valence-corrected chi connectivity index (χ1v) is 11.3. The number of aryl methyl sites for hydroxylation is 1. The summed E-state index contributed by atoms with van der Waals surface area (Å²) in [5.41, 5.74) is 6.14. The quantitative estimate of drug-likeness (QED) is 0.316. The molecule has 0 fully saturated rings. The van der Waals surface area contributed by atoms with Gasteiger partial charge in [-0.2, -0.15) is 15.3 Å². The van der Waals surface area contributed by atoms with Gasteiger partial charge in [0.2, 0.25) is 0 Å². The lowest BCUT2D eigenvalue weighted by molar-refractivity contribution is 0.112. The summed E-state index contributed by atoms with van der Waals surface area (Å²) in [6.45, 7) is 4.89. The zero-order chi connectivity index (χ0) is 25.7. The molecule has 0 radical (unpaired) electrons. The molecule has 0 amide bonds. The number of alkyl halides is 1. The van der Waals surface area contributed by atoms with Gasteiger partial charge in [0.25, 0.3) is 0 Å². The first kappa shape index (κ1) is 24.6. The Bertz CT molecular complexity index is 1510. The number of aldehydes is 1. The third-order valence-corrected chi connectivity index (χ3v) is 5.65. The molecule has 36 heavy (non-hydrogen) atoms. The first-order chi connectivity index (χ1) is 17.3. The Kier molecular flexibility index (Phi) is 7.10. The van der Waals surface area contributed by atoms with Crippen LogP contribution in [0.15, 0.2) is 67.3 Å². The van der Waals surface area contributed by atoms with E-state index in [9.17, 15) is 9.18 Å². The number of aromatic amines is 1. The second kappa shape index (κ2) is 10.4. The lowest BCUT2D eigenvalue weighted by atomic mass is 10.0. The highest BCUT2D eigenvalue weighted by Gasteiger charge is 2.20. The number of fused-ring (bicyclic) bond motifs is 1. The van der Waals surface area contributed by atoms with Crippen molar-refractivity contribution in [1.82, 2.24) is 30.4 Å². The summed E-state index contributed by atoms with van der Waals surface area (Å²) in [4.78, 5) is 18.4. The van der Waals surface area contributed by atoms with Crippen molar-refractivity contribution in [3.05, 3.63) is 84.1 Å². The van der Waals surface area contributed by atoms with Crippen LogP contribution in [0.5, 0.6) is 0 Å². The van der Waals surface area contributed by atoms with E-state index in [1.807, 2.05) is 19.2 Å². The second-order valence-electron chi connectivity index (χ2n) is 8.66. The number of H-pyrrole nitrogens is 1. The molecule has 0 aliphatic heterocycles. The minimum atomic E-state index is -1.49. The number of anilines is 1. The second-order valence-corrected chi connectivity index (χ2v) is 8.66. The van der Waals surface area contributed by atoms with Crippen LogP contribution in [0.4, 0.5) is 10.1 Å². The number of aromatic nitrogens is 6. The van der Waals surface area contributed by atoms with Gasteiger partial charge in [-0.1, -0.05) is 6.07 Å². The monoisotopic (exact) mass is 483 g/mol. The third-order valence-electron chi connectivity index (χ3n) is 5.65. The van der Waals surface area contributed by atoms with E-state index in [4.69, 9.17) is 0 Å². The molecule has 0 saturated heterocycles. The van der Waals surface area contributed by atoms with Crippen molar-refractivity contribution in [2.75, 3.05) is 12.4 Å². The molecule has 8 nitrogen and oxygen atoms in total. The molecular formula is C27H26FN7O. The zero-order valence-electron chi connectivity index (χ0n) is 20.5. The summed E-state index contributed by atoms with van der Waals surface area (Å²) in [5, 5.41) is 19.6. The lowest BCUT2D eigenvalue weighted by Crippen LogP contribution is -2.11. The molecular weight excluding hydrogens is 457 g/mol. The van der Waals surface area contributed by atoms with E-state index in [1.165, 1.54) is 26.1 Å². The zero-order valence-corrected chi connectivity index (χ0v) is 20.5. The summed E-state index contributed by atoms with van der Waals surface area (Å²) in [7, 11) is 1.91. The minimum Gasteiger partial charge on any atom is -0.388 e. The van der Waals surface area contributed by atoms with Crippen molar-refractivity contribution in [3.8, 4) is 22.4 Å². The molecule has 182 valence electrons. The SMILES string of the molecule is CC(C)(F)c1cc(C=O)ccn1.CNc1ccc(C)c(-c2cc(-c3ccnc4[nH]ncc34)cnn2)c1. The summed E-state index contributed by atoms with van der Waals surface area (Å²) in [5.74, 6) is 0. The maximum Gasteiger partial charge on any atom is 0.155 e. The van der Waals surface area contributed by atoms with Crippen molar-refractivity contribution >= 4 is 23.0 Å². The highest BCUT2D eigenvalue weighted by molar-refractivity contribution is 5.92. The molecule has 9 heteroatoms. The number of hydrogen-bond acceptors (Lipinski definition) is 7. The maximum absolute atomic E-state index is 13.3. The summed E-state index contributed by atoms with van der Waals surface area (Å²) in [6.07, 6.45) is 7.42. The van der Waals surface area contributed by atoms with E-state index in [0.29, 0.717) is 11.8 Å². The largest absolute Gasteiger partial charge is 0.388 e. The van der Waals surface area contributed by atoms with Crippen LogP contribution in [-0.4, -0.2) is 43.7 Å². The van der Waals surface area contributed by atoms with Gasteiger partial charge in [-0.3, -0.25) is 14.9 Å². The number of nitrogens with zero attached hydrogens (tertiary/aromatic N) is 5. The minimum absolute atomic E-state index is 0.284. The molecule has 5 rings (SSSR count). The number of hydrogen-bond donors (Lipinski definition) is 2. The highest BCUT2D eigenvalue weighted by Crippen LogP contribution is 2.30. The van der Waals surface area contributed by atoms with Gasteiger partial charge < -0.3 is 5.32 Å². The molecule has 1 aromatic carbocycles. The molecule has 0 aliphatic rings. The van der Waals surface area contributed by atoms with Gasteiger partial charge in [0.05, 0.1) is 23.8 Å². The van der Waals surface area contributed by atoms with Crippen molar-refractivity contribution in [2.24, 2.45) is 0 Å². The molecule has 0 atom stereocenters. The summed E-state index contributed by atoms with van der Waals surface area (Å²) >= 11 is 0. The average molecular weight is 484 g/mol. The molecule has 0 saturated carbocycles. The highest BCUT2D eigenvalue weighted by atomic mass is 19.1. The van der Waals surface area contributed by atoms with Gasteiger partial charge in [-0.25, -0.2) is 9.37 Å². The van der Waals surface area contributed by atoms with Gasteiger partial charge >= 0.3 is 0 Å². The average Bonchev–Trinajstić information content (AvgIpc) is 3.38. The Morgan fingerprint density at radius 2 is 1.81 bits per heavy atom. The van der Waals surface area contributed by atoms with E-state index in [-0.39, 0.29) is 5.69 Å². The van der Waals surface area contributed by atoms with Crippen molar-refractivity contribution in [1.29, 1.82) is 0 Å². The van der Waals surface area contributed by atoms with Crippen LogP contribution in [-0.2, 0) is 5.67 Å². The van der Waals surface area contributed by atoms with Crippen LogP contribution >= 0.6 is 0 Å². The first-order valence-electron chi connectivity index (χ1n) is 11.3. The molecule has 4 aromatic heterocycles. The van der Waals surface area contributed by atoms with Crippen molar-refractivity contribution < 1.29 is 9.18 Å². The summed E-state index contributed by atoms with van der Waals surface area (Å²) in [6, 6.07) is 13.2. The fraction of sp³-hybridized carbons (Fsp3) is 0.185. The van der Waals surface area contributed by atoms with Gasteiger partial charge in [-0.05, 0) is 68.3 Å². The van der Waals surface area contributed by atoms with E-state index in [2.05, 4.69) is 60.8 Å². The summed E-state index contributed by atoms with van der Waals surface area (Å²) < 4.78 is 13.3. The number of carbonyl (C=O) groups is 1. The fourth-order valence-electron chi connectivity index (χ4n) is 3.65. The fourth-order valence-corrected chi connectivity index (χ4v) is 3.65. The van der Waals surface area contributed by atoms with Crippen LogP contribution in [0, 0.1) is 6.92 Å². The Hall–Kier alpha value is -4.53. The van der Waals surface area contributed by atoms with E-state index in [1.54, 1.807) is 24.7 Å². The molecule has 0 bridgehead atoms. The molecule has 0 unspecified atom stereocenters. The third kappa shape index (κ3) is 5.41. The Balaban J connectivity index is 0.000000214. The number of pyridine rings is 2. The predicted molar refractivity (Wildman–Crippen MR) is 138 cm³/mol. The van der Waals surface area contributed by atoms with Crippen molar-refractivity contribution in [3.63, 3.8) is 0 Å². The van der Waals surface area contributed by atoms with Crippen LogP contribution in [0.1, 0.15) is 35.5 Å². The van der Waals surface area contributed by atoms with Crippen LogP contribution in [0.3, 0.4) is 0 Å². The normalized spacial score (nSPS) is 11.0. The van der Waals surface area contributed by atoms with Crippen LogP contribution in [0.25, 0.3) is 33.4 Å². The number of nitrogens with one attached hydrogen (secondary N) is 2. The van der Waals surface area contributed by atoms with Crippen LogP contribution in [0.2, 0.25) is 0 Å². The molecule has 2 N–H and O–H groups in total. The topological polar surface area (TPSA) is 109 Å². The van der Waals surface area contributed by atoms with Gasteiger partial charge in [0.15, 0.2) is 5.65 Å². The standard InChI is InChI=1S/C18H16N6.C9H10FNO/c1-11-3-4-13(19-2)8-15(11)17-7-12(9-21-23-17)14-5-6-20-18-16(14)10-22-24-18;1-9(2,10)8-5-7(6-12)3-4-11-8/h3-10,19H,1-2H3,(H,20,22,24);3-6H,1-2H3. The van der Waals surface area contributed by atoms with Gasteiger partial charge in [0.1, 0.15) is 12.0 Å². The molecule has 5 aromatic rings. The Morgan fingerprint density at radius 3 is 2.56 bits per heavy atom. The Morgan fingerprint density at radius 1 is 1.00 bits per heavy atom. The van der Waals surface area contributed by atoms with Crippen LogP contribution < -0.4 is 5.32 Å². The number of rotatable bonds is 5. The maximum atomic E-state index is 13.3. The number of carbonyl (C=O) groups excluding carboxylic acids is 1. The number of benzene rings is 1. The van der Waals surface area contributed by atoms with Gasteiger partial charge in [0, 0.05) is 47.2 Å².